The summed E-state index contributed by atoms with van der Waals surface area (Å²) >= 11 is 0. The third-order valence-electron chi connectivity index (χ3n) is 6.83. The largest absolute Gasteiger partial charge is 0.478 e. The van der Waals surface area contributed by atoms with Crippen LogP contribution >= 0.6 is 0 Å². The van der Waals surface area contributed by atoms with Gasteiger partial charge in [0.05, 0.1) is 44.7 Å². The fourth-order valence-corrected chi connectivity index (χ4v) is 3.26. The van der Waals surface area contributed by atoms with E-state index in [1.54, 1.807) is 36.6 Å². The number of rotatable bonds is 26. The minimum atomic E-state index is -0.949. The molecule has 4 atom stereocenters. The molecular weight excluding hydrogens is 812 g/mol. The zero-order valence-corrected chi connectivity index (χ0v) is 37.1. The lowest BCUT2D eigenvalue weighted by Crippen LogP contribution is -2.26. The molecule has 0 aliphatic carbocycles. The molecule has 0 aromatic heterocycles. The van der Waals surface area contributed by atoms with Gasteiger partial charge in [0.25, 0.3) is 6.26 Å². The van der Waals surface area contributed by atoms with E-state index in [2.05, 4.69) is 43.0 Å². The predicted molar refractivity (Wildman–Crippen MR) is 231 cm³/mol. The Balaban J connectivity index is -0.000000411. The van der Waals surface area contributed by atoms with E-state index in [0.29, 0.717) is 31.8 Å². The quantitative estimate of drug-likeness (QED) is 0.0147. The summed E-state index contributed by atoms with van der Waals surface area (Å²) in [7, 11) is 0. The average Bonchev–Trinajstić information content (AvgIpc) is 3.23. The first-order valence-corrected chi connectivity index (χ1v) is 19.4. The van der Waals surface area contributed by atoms with Crippen LogP contribution in [0.15, 0.2) is 72.3 Å². The van der Waals surface area contributed by atoms with Crippen LogP contribution in [0.4, 0.5) is 0 Å². The Morgan fingerprint density at radius 2 is 1.26 bits per heavy atom. The van der Waals surface area contributed by atoms with Crippen molar-refractivity contribution in [2.24, 2.45) is 4.99 Å². The highest BCUT2D eigenvalue weighted by Crippen LogP contribution is 2.14. The van der Waals surface area contributed by atoms with E-state index in [9.17, 15) is 28.8 Å². The lowest BCUT2D eigenvalue weighted by Gasteiger charge is -2.19. The Morgan fingerprint density at radius 1 is 0.774 bits per heavy atom. The molecule has 0 bridgehead atoms. The van der Waals surface area contributed by atoms with Gasteiger partial charge in [0.2, 0.25) is 6.08 Å². The Hall–Kier alpha value is -5.96. The van der Waals surface area contributed by atoms with Crippen LogP contribution in [0, 0.1) is 11.5 Å². The van der Waals surface area contributed by atoms with Crippen molar-refractivity contribution in [3.05, 3.63) is 72.9 Å². The molecule has 18 heteroatoms. The molecule has 0 fully saturated rings. The lowest BCUT2D eigenvalue weighted by molar-refractivity contribution is -0.146. The number of aliphatic hydroxyl groups is 1. The second-order valence-corrected chi connectivity index (χ2v) is 13.1. The van der Waals surface area contributed by atoms with Crippen LogP contribution in [0.3, 0.4) is 0 Å². The van der Waals surface area contributed by atoms with Gasteiger partial charge in [-0.25, -0.2) is 24.0 Å². The zero-order chi connectivity index (χ0) is 48.5. The van der Waals surface area contributed by atoms with Gasteiger partial charge in [0.1, 0.15) is 12.4 Å². The second kappa shape index (κ2) is 41.8. The number of hydrogen-bond acceptors (Lipinski definition) is 15. The summed E-state index contributed by atoms with van der Waals surface area (Å²) in [6.45, 7) is 27.5. The molecule has 0 spiro atoms. The first-order chi connectivity index (χ1) is 29.1. The van der Waals surface area contributed by atoms with Crippen LogP contribution in [-0.2, 0) is 52.5 Å². The lowest BCUT2D eigenvalue weighted by atomic mass is 10.1. The molecule has 0 aliphatic heterocycles. The summed E-state index contributed by atoms with van der Waals surface area (Å²) in [5.41, 5.74) is 1.44. The normalized spacial score (nSPS) is 11.4. The number of carbonyl (C=O) groups excluding carboxylic acids is 3. The minimum absolute atomic E-state index is 0.00571. The molecule has 4 N–H and O–H groups in total. The SMILES string of the molecule is C=C(C)C(=O)O.C=C(C)C(=O)O.C=C(C)C(=O)O.C=Cc1ccc(OC(=O)CCCOC(=O)C(CCCCOC#N)N=C=O)cc1.CCCOC(C)COC(C)COC(C)CO. The number of aliphatic imine (C=N–C) groups is 1. The Labute approximate surface area is 365 Å². The van der Waals surface area contributed by atoms with Crippen molar-refractivity contribution < 1.29 is 77.6 Å². The number of aliphatic carboxylic acids is 3. The van der Waals surface area contributed by atoms with Gasteiger partial charge in [-0.15, -0.1) is 0 Å². The van der Waals surface area contributed by atoms with E-state index >= 15 is 0 Å². The summed E-state index contributed by atoms with van der Waals surface area (Å²) < 4.78 is 31.1. The molecule has 4 unspecified atom stereocenters. The van der Waals surface area contributed by atoms with Crippen molar-refractivity contribution in [3.8, 4) is 12.0 Å². The maximum atomic E-state index is 11.9. The predicted octanol–water partition coefficient (Wildman–Crippen LogP) is 6.48. The van der Waals surface area contributed by atoms with E-state index in [1.807, 2.05) is 20.8 Å². The fraction of sp³-hybridized carbons (Fsp3) is 0.523. The van der Waals surface area contributed by atoms with E-state index in [4.69, 9.17) is 49.4 Å². The van der Waals surface area contributed by atoms with Crippen molar-refractivity contribution in [1.29, 1.82) is 5.26 Å². The monoisotopic (exact) mass is 878 g/mol. The summed E-state index contributed by atoms with van der Waals surface area (Å²) in [5, 5.41) is 40.7. The third kappa shape index (κ3) is 43.6. The molecule has 0 heterocycles. The molecule has 0 saturated carbocycles. The van der Waals surface area contributed by atoms with Crippen molar-refractivity contribution >= 4 is 42.0 Å². The number of aliphatic hydroxyl groups excluding tert-OH is 1. The molecule has 1 rings (SSSR count). The number of benzene rings is 1. The van der Waals surface area contributed by atoms with E-state index < -0.39 is 35.9 Å². The van der Waals surface area contributed by atoms with Gasteiger partial charge in [0, 0.05) is 29.7 Å². The molecule has 1 aromatic carbocycles. The third-order valence-corrected chi connectivity index (χ3v) is 6.83. The van der Waals surface area contributed by atoms with Crippen molar-refractivity contribution in [3.63, 3.8) is 0 Å². The highest BCUT2D eigenvalue weighted by molar-refractivity contribution is 5.85. The average molecular weight is 879 g/mol. The van der Waals surface area contributed by atoms with Gasteiger partial charge < -0.3 is 48.8 Å². The van der Waals surface area contributed by atoms with Gasteiger partial charge in [-0.1, -0.05) is 51.4 Å². The first-order valence-electron chi connectivity index (χ1n) is 19.4. The van der Waals surface area contributed by atoms with Crippen molar-refractivity contribution in [2.45, 2.75) is 111 Å². The van der Waals surface area contributed by atoms with Gasteiger partial charge in [-0.2, -0.15) is 10.3 Å². The molecule has 1 aromatic rings. The molecule has 348 valence electrons. The number of hydrogen-bond donors (Lipinski definition) is 4. The summed E-state index contributed by atoms with van der Waals surface area (Å²) in [5.74, 6) is -3.48. The van der Waals surface area contributed by atoms with Crippen LogP contribution in [0.5, 0.6) is 5.75 Å². The second-order valence-electron chi connectivity index (χ2n) is 13.1. The van der Waals surface area contributed by atoms with Crippen LogP contribution in [0.25, 0.3) is 6.08 Å². The molecule has 0 amide bonds. The summed E-state index contributed by atoms with van der Waals surface area (Å²) in [6.07, 6.45) is 7.35. The zero-order valence-electron chi connectivity index (χ0n) is 37.1. The fourth-order valence-electron chi connectivity index (χ4n) is 3.26. The molecule has 0 saturated heterocycles. The van der Waals surface area contributed by atoms with Crippen LogP contribution < -0.4 is 4.74 Å². The topological polar surface area (TPSA) is 275 Å². The van der Waals surface area contributed by atoms with Crippen LogP contribution in [0.2, 0.25) is 0 Å². The molecule has 0 aliphatic rings. The Kier molecular flexibility index (Phi) is 42.2. The van der Waals surface area contributed by atoms with Crippen molar-refractivity contribution in [1.82, 2.24) is 0 Å². The number of unbranched alkanes of at least 4 members (excludes halogenated alkanes) is 1. The number of isocyanates is 1. The summed E-state index contributed by atoms with van der Waals surface area (Å²) in [4.78, 5) is 66.4. The van der Waals surface area contributed by atoms with E-state index in [0.717, 1.165) is 18.6 Å². The standard InChI is InChI=1S/C20H22N2O6.C12H26O4.3C4H6O2/c1-2-16-8-10-17(11-9-16)28-19(24)7-5-13-27-20(25)18(22-15-23)6-3-4-12-26-14-21;1-5-6-14-11(3)8-16-12(4)9-15-10(2)7-13;3*1-3(2)4(5)6/h2,8-11,18H,1,3-7,12-13H2;10-13H,5-9H2,1-4H3;3*1H2,2H3,(H,5,6). The maximum absolute atomic E-state index is 11.9. The number of nitriles is 1. The maximum Gasteiger partial charge on any atom is 0.331 e. The number of ether oxygens (including phenoxy) is 6. The first kappa shape index (κ1) is 62.7. The van der Waals surface area contributed by atoms with Crippen LogP contribution in [-0.4, -0.2) is 120 Å². The van der Waals surface area contributed by atoms with Crippen molar-refractivity contribution in [2.75, 3.05) is 39.6 Å². The number of carbonyl (C=O) groups is 5. The Morgan fingerprint density at radius 3 is 1.68 bits per heavy atom. The number of carboxylic acid groups (broad SMARTS) is 3. The van der Waals surface area contributed by atoms with E-state index in [-0.39, 0.29) is 74.1 Å². The van der Waals surface area contributed by atoms with Gasteiger partial charge >= 0.3 is 29.8 Å². The van der Waals surface area contributed by atoms with Gasteiger partial charge in [0.15, 0.2) is 6.04 Å². The molecule has 18 nitrogen and oxygen atoms in total. The number of esters is 2. The highest BCUT2D eigenvalue weighted by Gasteiger charge is 2.19. The molecular formula is C44H66N2O16. The minimum Gasteiger partial charge on any atom is -0.478 e. The number of nitrogens with zero attached hydrogens (tertiary/aromatic N) is 2. The van der Waals surface area contributed by atoms with Gasteiger partial charge in [-0.3, -0.25) is 4.79 Å². The Bertz CT molecular complexity index is 1490. The summed E-state index contributed by atoms with van der Waals surface area (Å²) in [6, 6.07) is 5.93. The number of carboxylic acids is 3. The molecule has 62 heavy (non-hydrogen) atoms. The van der Waals surface area contributed by atoms with Gasteiger partial charge in [-0.05, 0) is 91.3 Å². The van der Waals surface area contributed by atoms with Crippen LogP contribution in [0.1, 0.15) is 92.6 Å². The van der Waals surface area contributed by atoms with E-state index in [1.165, 1.54) is 26.9 Å². The highest BCUT2D eigenvalue weighted by atomic mass is 16.6. The molecule has 0 radical (unpaired) electrons. The smallest absolute Gasteiger partial charge is 0.331 e.